The minimum absolute atomic E-state index is 1.02. The molecule has 0 atom stereocenters. The molecule has 0 fully saturated rings. The highest BCUT2D eigenvalue weighted by Crippen LogP contribution is 2.36. The Hall–Kier alpha value is -3.06. The van der Waals surface area contributed by atoms with E-state index in [9.17, 15) is 0 Å². The molecular weight excluding hydrogens is 374 g/mol. The van der Waals surface area contributed by atoms with E-state index >= 15 is 0 Å². The molecule has 1 heteroatoms. The molecule has 0 aliphatic rings. The van der Waals surface area contributed by atoms with Crippen molar-refractivity contribution in [2.24, 2.45) is 7.05 Å². The van der Waals surface area contributed by atoms with Gasteiger partial charge in [-0.05, 0) is 72.7 Å². The zero-order chi connectivity index (χ0) is 22.5. The predicted molar refractivity (Wildman–Crippen MR) is 138 cm³/mol. The SMILES string of the molecule is C/C=C(/c1ccc(C)c(-c2ccccc2C)c1)c1c(CC)c2ccccc2n1C.CC. The van der Waals surface area contributed by atoms with E-state index in [1.807, 2.05) is 13.8 Å². The highest BCUT2D eigenvalue weighted by Gasteiger charge is 2.18. The van der Waals surface area contributed by atoms with Gasteiger partial charge in [0.25, 0.3) is 0 Å². The number of hydrogen-bond donors (Lipinski definition) is 0. The zero-order valence-corrected chi connectivity index (χ0v) is 20.1. The molecule has 3 aromatic carbocycles. The number of fused-ring (bicyclic) bond motifs is 1. The number of aromatic nitrogens is 1. The van der Waals surface area contributed by atoms with E-state index in [1.54, 1.807) is 0 Å². The number of aryl methyl sites for hydroxylation is 4. The van der Waals surface area contributed by atoms with Gasteiger partial charge in [-0.1, -0.05) is 81.4 Å². The fourth-order valence-electron chi connectivity index (χ4n) is 4.57. The molecule has 4 aromatic rings. The normalized spacial score (nSPS) is 11.4. The molecule has 0 spiro atoms. The van der Waals surface area contributed by atoms with Crippen LogP contribution in [0.5, 0.6) is 0 Å². The van der Waals surface area contributed by atoms with Crippen LogP contribution in [0.25, 0.3) is 27.6 Å². The van der Waals surface area contributed by atoms with Gasteiger partial charge < -0.3 is 4.57 Å². The van der Waals surface area contributed by atoms with Crippen LogP contribution in [0.4, 0.5) is 0 Å². The maximum absolute atomic E-state index is 2.37. The molecule has 1 heterocycles. The number of hydrogen-bond acceptors (Lipinski definition) is 0. The van der Waals surface area contributed by atoms with Gasteiger partial charge in [-0.2, -0.15) is 0 Å². The molecule has 160 valence electrons. The maximum atomic E-state index is 2.37. The number of allylic oxidation sites excluding steroid dienone is 1. The van der Waals surface area contributed by atoms with Gasteiger partial charge >= 0.3 is 0 Å². The minimum atomic E-state index is 1.02. The van der Waals surface area contributed by atoms with E-state index in [0.717, 1.165) is 6.42 Å². The summed E-state index contributed by atoms with van der Waals surface area (Å²) in [5.74, 6) is 0. The van der Waals surface area contributed by atoms with Crippen molar-refractivity contribution < 1.29 is 0 Å². The van der Waals surface area contributed by atoms with E-state index in [2.05, 4.69) is 112 Å². The van der Waals surface area contributed by atoms with Gasteiger partial charge in [0.05, 0.1) is 5.69 Å². The molecule has 0 saturated carbocycles. The molecule has 0 amide bonds. The van der Waals surface area contributed by atoms with Gasteiger partial charge in [0, 0.05) is 23.5 Å². The summed E-state index contributed by atoms with van der Waals surface area (Å²) in [6, 6.07) is 24.3. The van der Waals surface area contributed by atoms with Crippen molar-refractivity contribution in [3.63, 3.8) is 0 Å². The Morgan fingerprint density at radius 1 is 0.839 bits per heavy atom. The molecule has 0 bridgehead atoms. The molecule has 4 rings (SSSR count). The summed E-state index contributed by atoms with van der Waals surface area (Å²) in [5.41, 5.74) is 11.9. The average molecular weight is 410 g/mol. The summed E-state index contributed by atoms with van der Waals surface area (Å²) in [7, 11) is 2.19. The molecule has 0 radical (unpaired) electrons. The summed E-state index contributed by atoms with van der Waals surface area (Å²) in [4.78, 5) is 0. The standard InChI is InChI=1S/C28H29N.C2H6/c1-6-22(28-23(7-2)25-14-10-11-15-27(25)29(28)5)21-17-16-20(4)26(18-21)24-13-9-8-12-19(24)3;1-2/h6,8-18H,7H2,1-5H3;1-2H3/b22-6-;. The Kier molecular flexibility index (Phi) is 7.17. The lowest BCUT2D eigenvalue weighted by Crippen LogP contribution is -2.01. The quantitative estimate of drug-likeness (QED) is 0.318. The van der Waals surface area contributed by atoms with Crippen LogP contribution >= 0.6 is 0 Å². The van der Waals surface area contributed by atoms with Crippen molar-refractivity contribution in [3.05, 3.63) is 101 Å². The first-order valence-electron chi connectivity index (χ1n) is 11.5. The number of para-hydroxylation sites is 1. The number of nitrogens with zero attached hydrogens (tertiary/aromatic N) is 1. The topological polar surface area (TPSA) is 4.93 Å². The summed E-state index contributed by atoms with van der Waals surface area (Å²) >= 11 is 0. The minimum Gasteiger partial charge on any atom is -0.343 e. The van der Waals surface area contributed by atoms with Gasteiger partial charge in [0.2, 0.25) is 0 Å². The Balaban J connectivity index is 0.00000132. The molecule has 1 aromatic heterocycles. The third kappa shape index (κ3) is 4.10. The lowest BCUT2D eigenvalue weighted by molar-refractivity contribution is 0.931. The van der Waals surface area contributed by atoms with Crippen molar-refractivity contribution in [2.75, 3.05) is 0 Å². The smallest absolute Gasteiger partial charge is 0.0523 e. The molecule has 0 aliphatic heterocycles. The van der Waals surface area contributed by atoms with Crippen LogP contribution in [0.15, 0.2) is 72.8 Å². The highest BCUT2D eigenvalue weighted by atomic mass is 15.0. The fraction of sp³-hybridized carbons (Fsp3) is 0.267. The Morgan fingerprint density at radius 3 is 2.16 bits per heavy atom. The molecule has 0 unspecified atom stereocenters. The van der Waals surface area contributed by atoms with Gasteiger partial charge in [-0.25, -0.2) is 0 Å². The first-order chi connectivity index (χ1) is 15.1. The van der Waals surface area contributed by atoms with Crippen LogP contribution < -0.4 is 0 Å². The van der Waals surface area contributed by atoms with E-state index in [4.69, 9.17) is 0 Å². The molecule has 0 aliphatic carbocycles. The monoisotopic (exact) mass is 409 g/mol. The molecule has 1 nitrogen and oxygen atoms in total. The molecule has 31 heavy (non-hydrogen) atoms. The van der Waals surface area contributed by atoms with Crippen LogP contribution in [0.2, 0.25) is 0 Å². The van der Waals surface area contributed by atoms with E-state index < -0.39 is 0 Å². The number of benzene rings is 3. The third-order valence-electron chi connectivity index (χ3n) is 6.09. The number of rotatable bonds is 4. The largest absolute Gasteiger partial charge is 0.343 e. The lowest BCUT2D eigenvalue weighted by atomic mass is 9.91. The average Bonchev–Trinajstić information content (AvgIpc) is 3.09. The van der Waals surface area contributed by atoms with Crippen LogP contribution in [0.1, 0.15) is 55.6 Å². The third-order valence-corrected chi connectivity index (χ3v) is 6.09. The Labute approximate surface area is 188 Å². The Morgan fingerprint density at radius 2 is 1.48 bits per heavy atom. The molecule has 0 N–H and O–H groups in total. The van der Waals surface area contributed by atoms with Crippen molar-refractivity contribution in [2.45, 2.75) is 48.0 Å². The first kappa shape index (κ1) is 22.6. The van der Waals surface area contributed by atoms with Crippen LogP contribution in [0, 0.1) is 13.8 Å². The van der Waals surface area contributed by atoms with Crippen molar-refractivity contribution in [3.8, 4) is 11.1 Å². The second-order valence-corrected chi connectivity index (χ2v) is 7.80. The van der Waals surface area contributed by atoms with Crippen LogP contribution in [-0.2, 0) is 13.5 Å². The van der Waals surface area contributed by atoms with Crippen LogP contribution in [-0.4, -0.2) is 4.57 Å². The van der Waals surface area contributed by atoms with E-state index in [-0.39, 0.29) is 0 Å². The second-order valence-electron chi connectivity index (χ2n) is 7.80. The summed E-state index contributed by atoms with van der Waals surface area (Å²) in [6.45, 7) is 12.8. The van der Waals surface area contributed by atoms with E-state index in [1.165, 1.54) is 55.6 Å². The van der Waals surface area contributed by atoms with Gasteiger partial charge in [0.15, 0.2) is 0 Å². The summed E-state index contributed by atoms with van der Waals surface area (Å²) < 4.78 is 2.36. The van der Waals surface area contributed by atoms with E-state index in [0.29, 0.717) is 0 Å². The van der Waals surface area contributed by atoms with Crippen molar-refractivity contribution in [1.29, 1.82) is 0 Å². The van der Waals surface area contributed by atoms with Crippen LogP contribution in [0.3, 0.4) is 0 Å². The second kappa shape index (κ2) is 9.83. The van der Waals surface area contributed by atoms with Crippen molar-refractivity contribution >= 4 is 16.5 Å². The zero-order valence-electron chi connectivity index (χ0n) is 20.1. The molecular formula is C30H35N. The summed E-state index contributed by atoms with van der Waals surface area (Å²) in [5, 5.41) is 1.36. The fourth-order valence-corrected chi connectivity index (χ4v) is 4.57. The van der Waals surface area contributed by atoms with Gasteiger partial charge in [0.1, 0.15) is 0 Å². The first-order valence-corrected chi connectivity index (χ1v) is 11.5. The maximum Gasteiger partial charge on any atom is 0.0523 e. The van der Waals surface area contributed by atoms with Crippen molar-refractivity contribution in [1.82, 2.24) is 4.57 Å². The van der Waals surface area contributed by atoms with Gasteiger partial charge in [-0.15, -0.1) is 0 Å². The van der Waals surface area contributed by atoms with Gasteiger partial charge in [-0.3, -0.25) is 0 Å². The molecule has 0 saturated heterocycles. The lowest BCUT2D eigenvalue weighted by Gasteiger charge is -2.16. The Bertz CT molecular complexity index is 1220. The summed E-state index contributed by atoms with van der Waals surface area (Å²) in [6.07, 6.45) is 3.28. The highest BCUT2D eigenvalue weighted by molar-refractivity contribution is 5.94. The predicted octanol–water partition coefficient (Wildman–Crippen LogP) is 8.50.